The van der Waals surface area contributed by atoms with Crippen molar-refractivity contribution in [2.75, 3.05) is 24.7 Å². The van der Waals surface area contributed by atoms with E-state index in [2.05, 4.69) is 42.2 Å². The SMILES string of the molecule is Cc1c(N)cccc1-c1ccc(N(C)C)cc1. The minimum Gasteiger partial charge on any atom is -0.398 e. The number of benzene rings is 2. The summed E-state index contributed by atoms with van der Waals surface area (Å²) in [5.74, 6) is 0. The Labute approximate surface area is 103 Å². The lowest BCUT2D eigenvalue weighted by Gasteiger charge is -2.14. The highest BCUT2D eigenvalue weighted by Gasteiger charge is 2.04. The van der Waals surface area contributed by atoms with E-state index in [9.17, 15) is 0 Å². The Morgan fingerprint density at radius 1 is 0.941 bits per heavy atom. The van der Waals surface area contributed by atoms with E-state index >= 15 is 0 Å². The standard InChI is InChI=1S/C15H18N2/c1-11-14(5-4-6-15(11)16)12-7-9-13(10-8-12)17(2)3/h4-10H,16H2,1-3H3. The van der Waals surface area contributed by atoms with Crippen LogP contribution >= 0.6 is 0 Å². The summed E-state index contributed by atoms with van der Waals surface area (Å²) in [6, 6.07) is 14.6. The predicted octanol–water partition coefficient (Wildman–Crippen LogP) is 3.31. The molecule has 0 aliphatic rings. The van der Waals surface area contributed by atoms with E-state index < -0.39 is 0 Å². The number of nitrogens with zero attached hydrogens (tertiary/aromatic N) is 1. The van der Waals surface area contributed by atoms with Gasteiger partial charge in [-0.15, -0.1) is 0 Å². The van der Waals surface area contributed by atoms with Crippen LogP contribution in [0.5, 0.6) is 0 Å². The van der Waals surface area contributed by atoms with Crippen LogP contribution in [0, 0.1) is 6.92 Å². The summed E-state index contributed by atoms with van der Waals surface area (Å²) in [7, 11) is 4.08. The first-order valence-electron chi connectivity index (χ1n) is 5.72. The molecule has 0 saturated carbocycles. The summed E-state index contributed by atoms with van der Waals surface area (Å²) in [4.78, 5) is 2.09. The second-order valence-electron chi connectivity index (χ2n) is 4.46. The van der Waals surface area contributed by atoms with Crippen LogP contribution in [0.1, 0.15) is 5.56 Å². The molecule has 0 fully saturated rings. The van der Waals surface area contributed by atoms with Gasteiger partial charge in [0, 0.05) is 25.5 Å². The van der Waals surface area contributed by atoms with Gasteiger partial charge in [0.2, 0.25) is 0 Å². The number of nitrogen functional groups attached to an aromatic ring is 1. The smallest absolute Gasteiger partial charge is 0.0361 e. The minimum atomic E-state index is 0.846. The maximum absolute atomic E-state index is 5.93. The summed E-state index contributed by atoms with van der Waals surface area (Å²) in [6.45, 7) is 2.06. The van der Waals surface area contributed by atoms with Gasteiger partial charge in [-0.1, -0.05) is 24.3 Å². The largest absolute Gasteiger partial charge is 0.398 e. The zero-order valence-corrected chi connectivity index (χ0v) is 10.6. The van der Waals surface area contributed by atoms with E-state index in [0.717, 1.165) is 11.3 Å². The Balaban J connectivity index is 2.43. The molecule has 0 unspecified atom stereocenters. The van der Waals surface area contributed by atoms with E-state index in [1.807, 2.05) is 26.2 Å². The van der Waals surface area contributed by atoms with Gasteiger partial charge in [-0.25, -0.2) is 0 Å². The second kappa shape index (κ2) is 4.50. The molecule has 0 amide bonds. The molecule has 0 bridgehead atoms. The van der Waals surface area contributed by atoms with Gasteiger partial charge in [-0.05, 0) is 41.8 Å². The van der Waals surface area contributed by atoms with Gasteiger partial charge >= 0.3 is 0 Å². The fourth-order valence-electron chi connectivity index (χ4n) is 1.91. The molecule has 2 aromatic carbocycles. The molecule has 88 valence electrons. The Kier molecular flexibility index (Phi) is 3.05. The molecule has 0 spiro atoms. The van der Waals surface area contributed by atoms with Crippen LogP contribution in [0.15, 0.2) is 42.5 Å². The molecule has 0 aromatic heterocycles. The van der Waals surface area contributed by atoms with Crippen LogP contribution in [0.3, 0.4) is 0 Å². The molecule has 0 aliphatic heterocycles. The highest BCUT2D eigenvalue weighted by molar-refractivity contribution is 5.73. The van der Waals surface area contributed by atoms with Gasteiger partial charge in [0.15, 0.2) is 0 Å². The monoisotopic (exact) mass is 226 g/mol. The molecule has 0 atom stereocenters. The third kappa shape index (κ3) is 2.26. The predicted molar refractivity (Wildman–Crippen MR) is 75.4 cm³/mol. The lowest BCUT2D eigenvalue weighted by atomic mass is 9.99. The van der Waals surface area contributed by atoms with E-state index in [-0.39, 0.29) is 0 Å². The molecule has 2 heteroatoms. The van der Waals surface area contributed by atoms with Crippen molar-refractivity contribution in [3.8, 4) is 11.1 Å². The van der Waals surface area contributed by atoms with Crippen molar-refractivity contribution in [2.45, 2.75) is 6.92 Å². The first kappa shape index (κ1) is 11.5. The van der Waals surface area contributed by atoms with Crippen molar-refractivity contribution in [3.63, 3.8) is 0 Å². The van der Waals surface area contributed by atoms with Crippen molar-refractivity contribution < 1.29 is 0 Å². The van der Waals surface area contributed by atoms with Crippen LogP contribution < -0.4 is 10.6 Å². The number of rotatable bonds is 2. The third-order valence-corrected chi connectivity index (χ3v) is 3.07. The van der Waals surface area contributed by atoms with Gasteiger partial charge < -0.3 is 10.6 Å². The number of hydrogen-bond donors (Lipinski definition) is 1. The molecule has 2 N–H and O–H groups in total. The van der Waals surface area contributed by atoms with Crippen molar-refractivity contribution in [1.29, 1.82) is 0 Å². The van der Waals surface area contributed by atoms with Crippen LogP contribution in [-0.4, -0.2) is 14.1 Å². The number of nitrogens with two attached hydrogens (primary N) is 1. The normalized spacial score (nSPS) is 10.3. The maximum atomic E-state index is 5.93. The summed E-state index contributed by atoms with van der Waals surface area (Å²) in [6.07, 6.45) is 0. The van der Waals surface area contributed by atoms with E-state index in [0.29, 0.717) is 0 Å². The topological polar surface area (TPSA) is 29.3 Å². The van der Waals surface area contributed by atoms with Gasteiger partial charge in [0.1, 0.15) is 0 Å². The molecule has 17 heavy (non-hydrogen) atoms. The molecule has 2 nitrogen and oxygen atoms in total. The van der Waals surface area contributed by atoms with Crippen molar-refractivity contribution in [2.24, 2.45) is 0 Å². The van der Waals surface area contributed by atoms with Crippen molar-refractivity contribution in [3.05, 3.63) is 48.0 Å². The Morgan fingerprint density at radius 2 is 1.59 bits per heavy atom. The van der Waals surface area contributed by atoms with Crippen LogP contribution in [0.25, 0.3) is 11.1 Å². The lowest BCUT2D eigenvalue weighted by molar-refractivity contribution is 1.13. The first-order chi connectivity index (χ1) is 8.09. The summed E-state index contributed by atoms with van der Waals surface area (Å²) in [5, 5.41) is 0. The fourth-order valence-corrected chi connectivity index (χ4v) is 1.91. The molecule has 0 heterocycles. The Hall–Kier alpha value is -1.96. The second-order valence-corrected chi connectivity index (χ2v) is 4.46. The molecular weight excluding hydrogens is 208 g/mol. The van der Waals surface area contributed by atoms with Gasteiger partial charge in [-0.3, -0.25) is 0 Å². The van der Waals surface area contributed by atoms with Crippen LogP contribution in [0.4, 0.5) is 11.4 Å². The van der Waals surface area contributed by atoms with E-state index in [4.69, 9.17) is 5.73 Å². The molecule has 0 radical (unpaired) electrons. The van der Waals surface area contributed by atoms with E-state index in [1.54, 1.807) is 0 Å². The van der Waals surface area contributed by atoms with Crippen LogP contribution in [-0.2, 0) is 0 Å². The quantitative estimate of drug-likeness (QED) is 0.796. The number of anilines is 2. The summed E-state index contributed by atoms with van der Waals surface area (Å²) < 4.78 is 0. The van der Waals surface area contributed by atoms with Gasteiger partial charge in [-0.2, -0.15) is 0 Å². The third-order valence-electron chi connectivity index (χ3n) is 3.07. The van der Waals surface area contributed by atoms with E-state index in [1.165, 1.54) is 16.8 Å². The molecule has 2 aromatic rings. The van der Waals surface area contributed by atoms with Gasteiger partial charge in [0.25, 0.3) is 0 Å². The average Bonchev–Trinajstić information content (AvgIpc) is 2.33. The summed E-state index contributed by atoms with van der Waals surface area (Å²) >= 11 is 0. The Bertz CT molecular complexity index is 513. The molecular formula is C15H18N2. The minimum absolute atomic E-state index is 0.846. The maximum Gasteiger partial charge on any atom is 0.0361 e. The Morgan fingerprint density at radius 3 is 2.18 bits per heavy atom. The molecule has 0 aliphatic carbocycles. The summed E-state index contributed by atoms with van der Waals surface area (Å²) in [5.41, 5.74) is 11.5. The first-order valence-corrected chi connectivity index (χ1v) is 5.72. The molecule has 2 rings (SSSR count). The van der Waals surface area contributed by atoms with Crippen molar-refractivity contribution in [1.82, 2.24) is 0 Å². The van der Waals surface area contributed by atoms with Crippen LogP contribution in [0.2, 0.25) is 0 Å². The van der Waals surface area contributed by atoms with Gasteiger partial charge in [0.05, 0.1) is 0 Å². The number of hydrogen-bond acceptors (Lipinski definition) is 2. The average molecular weight is 226 g/mol. The lowest BCUT2D eigenvalue weighted by Crippen LogP contribution is -2.07. The molecule has 0 saturated heterocycles. The van der Waals surface area contributed by atoms with Crippen molar-refractivity contribution >= 4 is 11.4 Å². The fraction of sp³-hybridized carbons (Fsp3) is 0.200. The highest BCUT2D eigenvalue weighted by Crippen LogP contribution is 2.28. The highest BCUT2D eigenvalue weighted by atomic mass is 15.1. The zero-order valence-electron chi connectivity index (χ0n) is 10.6. The zero-order chi connectivity index (χ0) is 12.4.